The maximum absolute atomic E-state index is 12.7. The van der Waals surface area contributed by atoms with Gasteiger partial charge in [-0.3, -0.25) is 9.69 Å². The van der Waals surface area contributed by atoms with E-state index in [1.165, 1.54) is 0 Å². The number of nitrogens with one attached hydrogen (secondary N) is 1. The summed E-state index contributed by atoms with van der Waals surface area (Å²) in [5.41, 5.74) is 0.778. The van der Waals surface area contributed by atoms with Gasteiger partial charge in [0.25, 0.3) is 0 Å². The average molecular weight is 320 g/mol. The molecule has 0 saturated carbocycles. The lowest BCUT2D eigenvalue weighted by Crippen LogP contribution is -2.46. The summed E-state index contributed by atoms with van der Waals surface area (Å²) < 4.78 is 5.13. The predicted molar refractivity (Wildman–Crippen MR) is 91.7 cm³/mol. The number of rotatable bonds is 7. The Hall–Kier alpha value is -1.59. The molecule has 0 aliphatic carbocycles. The molecule has 0 spiro atoms. The van der Waals surface area contributed by atoms with E-state index < -0.39 is 0 Å². The maximum Gasteiger partial charge on any atom is 0.241 e. The van der Waals surface area contributed by atoms with E-state index in [1.54, 1.807) is 7.11 Å². The van der Waals surface area contributed by atoms with Crippen LogP contribution >= 0.6 is 0 Å². The fraction of sp³-hybridized carbons (Fsp3) is 0.611. The summed E-state index contributed by atoms with van der Waals surface area (Å²) in [5, 5.41) is 12.7. The first-order valence-electron chi connectivity index (χ1n) is 8.43. The van der Waals surface area contributed by atoms with E-state index in [9.17, 15) is 9.90 Å². The van der Waals surface area contributed by atoms with Gasteiger partial charge in [0.15, 0.2) is 0 Å². The Labute approximate surface area is 138 Å². The SMILES string of the molecule is CCC(C(=O)Nc1ccc(OC)cc1)N1CCCC1CC(C)O. The Balaban J connectivity index is 2.02. The van der Waals surface area contributed by atoms with E-state index in [1.807, 2.05) is 38.1 Å². The van der Waals surface area contributed by atoms with Crippen molar-refractivity contribution in [2.45, 2.75) is 57.7 Å². The van der Waals surface area contributed by atoms with Gasteiger partial charge in [-0.25, -0.2) is 0 Å². The molecule has 1 aromatic rings. The second-order valence-corrected chi connectivity index (χ2v) is 6.26. The van der Waals surface area contributed by atoms with Crippen molar-refractivity contribution in [1.82, 2.24) is 4.90 Å². The highest BCUT2D eigenvalue weighted by molar-refractivity contribution is 5.94. The molecule has 128 valence electrons. The molecule has 1 aliphatic rings. The topological polar surface area (TPSA) is 61.8 Å². The number of ether oxygens (including phenoxy) is 1. The fourth-order valence-corrected chi connectivity index (χ4v) is 3.39. The quantitative estimate of drug-likeness (QED) is 0.811. The van der Waals surface area contributed by atoms with Crippen molar-refractivity contribution in [3.63, 3.8) is 0 Å². The van der Waals surface area contributed by atoms with Gasteiger partial charge in [0.05, 0.1) is 19.3 Å². The zero-order chi connectivity index (χ0) is 16.8. The first-order chi connectivity index (χ1) is 11.0. The van der Waals surface area contributed by atoms with Crippen molar-refractivity contribution in [3.8, 4) is 5.75 Å². The highest BCUT2D eigenvalue weighted by atomic mass is 16.5. The zero-order valence-electron chi connectivity index (χ0n) is 14.3. The number of likely N-dealkylation sites (tertiary alicyclic amines) is 1. The van der Waals surface area contributed by atoms with E-state index in [4.69, 9.17) is 4.74 Å². The molecule has 1 aromatic carbocycles. The van der Waals surface area contributed by atoms with Crippen LogP contribution in [0.1, 0.15) is 39.5 Å². The van der Waals surface area contributed by atoms with Crippen molar-refractivity contribution in [3.05, 3.63) is 24.3 Å². The van der Waals surface area contributed by atoms with Crippen LogP contribution in [-0.4, -0.2) is 47.8 Å². The molecule has 1 amide bonds. The van der Waals surface area contributed by atoms with Gasteiger partial charge >= 0.3 is 0 Å². The van der Waals surface area contributed by atoms with Gasteiger partial charge in [0.2, 0.25) is 5.91 Å². The number of methoxy groups -OCH3 is 1. The molecule has 0 aromatic heterocycles. The van der Waals surface area contributed by atoms with Crippen LogP contribution in [0.4, 0.5) is 5.69 Å². The van der Waals surface area contributed by atoms with Crippen molar-refractivity contribution >= 4 is 11.6 Å². The largest absolute Gasteiger partial charge is 0.497 e. The van der Waals surface area contributed by atoms with Gasteiger partial charge in [0.1, 0.15) is 5.75 Å². The lowest BCUT2D eigenvalue weighted by molar-refractivity contribution is -0.122. The monoisotopic (exact) mass is 320 g/mol. The minimum Gasteiger partial charge on any atom is -0.497 e. The smallest absolute Gasteiger partial charge is 0.241 e. The van der Waals surface area contributed by atoms with Crippen molar-refractivity contribution < 1.29 is 14.6 Å². The molecule has 1 fully saturated rings. The van der Waals surface area contributed by atoms with Gasteiger partial charge in [-0.05, 0) is 63.4 Å². The summed E-state index contributed by atoms with van der Waals surface area (Å²) in [4.78, 5) is 14.9. The molecular weight excluding hydrogens is 292 g/mol. The molecule has 2 rings (SSSR count). The number of aliphatic hydroxyl groups is 1. The van der Waals surface area contributed by atoms with E-state index in [0.29, 0.717) is 6.04 Å². The van der Waals surface area contributed by atoms with Crippen LogP contribution in [0.3, 0.4) is 0 Å². The van der Waals surface area contributed by atoms with Crippen molar-refractivity contribution in [2.75, 3.05) is 19.0 Å². The summed E-state index contributed by atoms with van der Waals surface area (Å²) in [6, 6.07) is 7.51. The Morgan fingerprint density at radius 2 is 2.13 bits per heavy atom. The maximum atomic E-state index is 12.7. The summed E-state index contributed by atoms with van der Waals surface area (Å²) in [6.07, 6.45) is 3.30. The second kappa shape index (κ2) is 8.31. The number of amides is 1. The van der Waals surface area contributed by atoms with E-state index in [0.717, 1.165) is 43.7 Å². The van der Waals surface area contributed by atoms with Crippen LogP contribution in [0.5, 0.6) is 5.75 Å². The number of anilines is 1. The van der Waals surface area contributed by atoms with Gasteiger partial charge in [-0.15, -0.1) is 0 Å². The number of nitrogens with zero attached hydrogens (tertiary/aromatic N) is 1. The minimum atomic E-state index is -0.331. The van der Waals surface area contributed by atoms with Crippen LogP contribution < -0.4 is 10.1 Å². The minimum absolute atomic E-state index is 0.0233. The van der Waals surface area contributed by atoms with Gasteiger partial charge in [0, 0.05) is 11.7 Å². The predicted octanol–water partition coefficient (Wildman–Crippen LogP) is 2.65. The molecule has 0 bridgehead atoms. The highest BCUT2D eigenvalue weighted by Gasteiger charge is 2.34. The molecule has 5 heteroatoms. The number of carbonyl (C=O) groups excluding carboxylic acids is 1. The molecule has 5 nitrogen and oxygen atoms in total. The number of hydrogen-bond acceptors (Lipinski definition) is 4. The number of aliphatic hydroxyl groups excluding tert-OH is 1. The third-order valence-electron chi connectivity index (χ3n) is 4.48. The number of carbonyl (C=O) groups is 1. The summed E-state index contributed by atoms with van der Waals surface area (Å²) in [7, 11) is 1.62. The first kappa shape index (κ1) is 17.8. The Kier molecular flexibility index (Phi) is 6.42. The third-order valence-corrected chi connectivity index (χ3v) is 4.48. The van der Waals surface area contributed by atoms with Crippen molar-refractivity contribution in [1.29, 1.82) is 0 Å². The number of hydrogen-bond donors (Lipinski definition) is 2. The van der Waals surface area contributed by atoms with Crippen LogP contribution in [0.15, 0.2) is 24.3 Å². The lowest BCUT2D eigenvalue weighted by Gasteiger charge is -2.32. The summed E-state index contributed by atoms with van der Waals surface area (Å²) in [6.45, 7) is 4.77. The van der Waals surface area contributed by atoms with Crippen LogP contribution in [0.25, 0.3) is 0 Å². The highest BCUT2D eigenvalue weighted by Crippen LogP contribution is 2.26. The third kappa shape index (κ3) is 4.69. The Bertz CT molecular complexity index is 501. The molecule has 3 unspecified atom stereocenters. The second-order valence-electron chi connectivity index (χ2n) is 6.26. The van der Waals surface area contributed by atoms with Crippen molar-refractivity contribution in [2.24, 2.45) is 0 Å². The van der Waals surface area contributed by atoms with E-state index >= 15 is 0 Å². The average Bonchev–Trinajstić information content (AvgIpc) is 2.96. The molecule has 3 atom stereocenters. The lowest BCUT2D eigenvalue weighted by atomic mass is 10.0. The molecule has 23 heavy (non-hydrogen) atoms. The first-order valence-corrected chi connectivity index (χ1v) is 8.43. The normalized spacial score (nSPS) is 21.0. The standard InChI is InChI=1S/C18H28N2O3/c1-4-17(20-11-5-6-15(20)12-13(2)21)18(22)19-14-7-9-16(23-3)10-8-14/h7-10,13,15,17,21H,4-6,11-12H2,1-3H3,(H,19,22). The van der Waals surface area contributed by atoms with Crippen LogP contribution in [0.2, 0.25) is 0 Å². The van der Waals surface area contributed by atoms with Gasteiger partial charge in [-0.1, -0.05) is 6.92 Å². The molecule has 1 heterocycles. The molecule has 2 N–H and O–H groups in total. The molecular formula is C18H28N2O3. The van der Waals surface area contributed by atoms with Gasteiger partial charge < -0.3 is 15.2 Å². The zero-order valence-corrected chi connectivity index (χ0v) is 14.3. The Morgan fingerprint density at radius 1 is 1.43 bits per heavy atom. The summed E-state index contributed by atoms with van der Waals surface area (Å²) in [5.74, 6) is 0.793. The Morgan fingerprint density at radius 3 is 2.70 bits per heavy atom. The molecule has 1 saturated heterocycles. The summed E-state index contributed by atoms with van der Waals surface area (Å²) >= 11 is 0. The van der Waals surface area contributed by atoms with E-state index in [-0.39, 0.29) is 18.1 Å². The van der Waals surface area contributed by atoms with Crippen LogP contribution in [0, 0.1) is 0 Å². The van der Waals surface area contributed by atoms with Gasteiger partial charge in [-0.2, -0.15) is 0 Å². The molecule has 1 aliphatic heterocycles. The van der Waals surface area contributed by atoms with Crippen LogP contribution in [-0.2, 0) is 4.79 Å². The van der Waals surface area contributed by atoms with E-state index in [2.05, 4.69) is 10.2 Å². The number of benzene rings is 1. The molecule has 0 radical (unpaired) electrons. The fourth-order valence-electron chi connectivity index (χ4n) is 3.39.